The van der Waals surface area contributed by atoms with Crippen molar-refractivity contribution in [1.29, 1.82) is 0 Å². The lowest BCUT2D eigenvalue weighted by Gasteiger charge is -2.31. The molecule has 1 aromatic rings. The minimum absolute atomic E-state index is 0.103. The largest absolute Gasteiger partial charge is 0.473 e. The summed E-state index contributed by atoms with van der Waals surface area (Å²) in [6, 6.07) is 6.01. The van der Waals surface area contributed by atoms with Gasteiger partial charge in [0.15, 0.2) is 5.72 Å². The second-order valence-electron chi connectivity index (χ2n) is 4.45. The summed E-state index contributed by atoms with van der Waals surface area (Å²) in [7, 11) is 0. The zero-order chi connectivity index (χ0) is 15.1. The van der Waals surface area contributed by atoms with Crippen LogP contribution >= 0.6 is 15.9 Å². The number of carbonyl (C=O) groups is 1. The van der Waals surface area contributed by atoms with Crippen molar-refractivity contribution < 1.29 is 23.1 Å². The van der Waals surface area contributed by atoms with Gasteiger partial charge in [0, 0.05) is 22.2 Å². The Labute approximate surface area is 121 Å². The van der Waals surface area contributed by atoms with E-state index in [2.05, 4.69) is 21.0 Å². The highest BCUT2D eigenvalue weighted by Gasteiger charge is 2.53. The van der Waals surface area contributed by atoms with Crippen molar-refractivity contribution in [3.63, 3.8) is 0 Å². The molecule has 0 bridgehead atoms. The molecule has 0 saturated carbocycles. The van der Waals surface area contributed by atoms with Gasteiger partial charge in [-0.25, -0.2) is 0 Å². The van der Waals surface area contributed by atoms with Gasteiger partial charge >= 0.3 is 12.1 Å². The van der Waals surface area contributed by atoms with E-state index in [-0.39, 0.29) is 22.7 Å². The van der Waals surface area contributed by atoms with Crippen LogP contribution in [0.5, 0.6) is 0 Å². The summed E-state index contributed by atoms with van der Waals surface area (Å²) in [5.41, 5.74) is -1.70. The highest BCUT2D eigenvalue weighted by atomic mass is 79.9. The standard InChI is InChI=1S/C12H10BrF3N2O2/c1-7-6-11(20,8-2-4-9(13)5-3-8)18(17-7)10(19)12(14,15)16/h2-5,20H,6H2,1H3/t11-/m0/s1. The van der Waals surface area contributed by atoms with Gasteiger partial charge in [-0.15, -0.1) is 0 Å². The summed E-state index contributed by atoms with van der Waals surface area (Å²) in [4.78, 5) is 11.4. The summed E-state index contributed by atoms with van der Waals surface area (Å²) in [5, 5.41) is 14.1. The van der Waals surface area contributed by atoms with E-state index in [4.69, 9.17) is 0 Å². The number of amides is 1. The average Bonchev–Trinajstić information content (AvgIpc) is 2.64. The maximum atomic E-state index is 12.6. The van der Waals surface area contributed by atoms with Crippen molar-refractivity contribution in [3.8, 4) is 0 Å². The number of alkyl halides is 3. The molecule has 0 radical (unpaired) electrons. The zero-order valence-electron chi connectivity index (χ0n) is 10.3. The van der Waals surface area contributed by atoms with E-state index in [1.807, 2.05) is 0 Å². The molecule has 4 nitrogen and oxygen atoms in total. The van der Waals surface area contributed by atoms with Crippen LogP contribution in [0.3, 0.4) is 0 Å². The zero-order valence-corrected chi connectivity index (χ0v) is 11.9. The molecule has 0 fully saturated rings. The Hall–Kier alpha value is -1.41. The van der Waals surface area contributed by atoms with E-state index in [1.54, 1.807) is 12.1 Å². The lowest BCUT2D eigenvalue weighted by Crippen LogP contribution is -2.48. The number of hydrogen-bond donors (Lipinski definition) is 1. The molecule has 1 amide bonds. The van der Waals surface area contributed by atoms with Crippen LogP contribution in [0, 0.1) is 0 Å². The summed E-state index contributed by atoms with van der Waals surface area (Å²) in [6.45, 7) is 1.45. The second kappa shape index (κ2) is 4.85. The number of nitrogens with zero attached hydrogens (tertiary/aromatic N) is 2. The second-order valence-corrected chi connectivity index (χ2v) is 5.37. The van der Waals surface area contributed by atoms with Crippen LogP contribution in [0.2, 0.25) is 0 Å². The molecule has 1 aliphatic heterocycles. The van der Waals surface area contributed by atoms with E-state index < -0.39 is 17.8 Å². The predicted octanol–water partition coefficient (Wildman–Crippen LogP) is 2.76. The molecular weight excluding hydrogens is 341 g/mol. The third kappa shape index (κ3) is 2.57. The topological polar surface area (TPSA) is 52.9 Å². The molecule has 1 heterocycles. The monoisotopic (exact) mass is 350 g/mol. The first-order valence-corrected chi connectivity index (χ1v) is 6.38. The Kier molecular flexibility index (Phi) is 3.64. The Morgan fingerprint density at radius 2 is 1.95 bits per heavy atom. The van der Waals surface area contributed by atoms with Crippen molar-refractivity contribution in [1.82, 2.24) is 5.01 Å². The number of carbonyl (C=O) groups excluding carboxylic acids is 1. The molecule has 108 valence electrons. The first-order chi connectivity index (χ1) is 9.14. The van der Waals surface area contributed by atoms with Crippen molar-refractivity contribution >= 4 is 27.5 Å². The fourth-order valence-corrected chi connectivity index (χ4v) is 2.26. The average molecular weight is 351 g/mol. The summed E-state index contributed by atoms with van der Waals surface area (Å²) in [5.74, 6) is -2.19. The van der Waals surface area contributed by atoms with Gasteiger partial charge in [-0.2, -0.15) is 23.3 Å². The summed E-state index contributed by atoms with van der Waals surface area (Å²) >= 11 is 3.19. The Morgan fingerprint density at radius 1 is 1.40 bits per heavy atom. The molecule has 1 aromatic carbocycles. The molecule has 2 rings (SSSR count). The lowest BCUT2D eigenvalue weighted by molar-refractivity contribution is -0.206. The smallest absolute Gasteiger partial charge is 0.365 e. The van der Waals surface area contributed by atoms with E-state index in [0.717, 1.165) is 0 Å². The summed E-state index contributed by atoms with van der Waals surface area (Å²) < 4.78 is 38.4. The van der Waals surface area contributed by atoms with Gasteiger partial charge in [0.1, 0.15) is 0 Å². The van der Waals surface area contributed by atoms with Gasteiger partial charge in [-0.3, -0.25) is 4.79 Å². The van der Waals surface area contributed by atoms with Crippen molar-refractivity contribution in [2.75, 3.05) is 0 Å². The van der Waals surface area contributed by atoms with Gasteiger partial charge in [-0.05, 0) is 19.1 Å². The molecule has 1 atom stereocenters. The van der Waals surface area contributed by atoms with Crippen LogP contribution in [-0.2, 0) is 10.5 Å². The third-order valence-electron chi connectivity index (χ3n) is 2.86. The Balaban J connectivity index is 2.44. The van der Waals surface area contributed by atoms with E-state index >= 15 is 0 Å². The van der Waals surface area contributed by atoms with Gasteiger partial charge in [0.25, 0.3) is 0 Å². The number of hydrazone groups is 1. The molecule has 20 heavy (non-hydrogen) atoms. The first kappa shape index (κ1) is 15.0. The number of benzene rings is 1. The molecule has 0 aliphatic carbocycles. The number of halogens is 4. The third-order valence-corrected chi connectivity index (χ3v) is 3.39. The molecule has 0 aromatic heterocycles. The van der Waals surface area contributed by atoms with Gasteiger partial charge in [0.05, 0.1) is 0 Å². The van der Waals surface area contributed by atoms with Crippen LogP contribution in [0.25, 0.3) is 0 Å². The van der Waals surface area contributed by atoms with Crippen LogP contribution in [-0.4, -0.2) is 27.9 Å². The number of aliphatic hydroxyl groups is 1. The molecule has 0 spiro atoms. The molecule has 1 N–H and O–H groups in total. The lowest BCUT2D eigenvalue weighted by atomic mass is 9.98. The Morgan fingerprint density at radius 3 is 2.45 bits per heavy atom. The maximum absolute atomic E-state index is 12.6. The molecule has 1 aliphatic rings. The Bertz CT molecular complexity index is 571. The fraction of sp³-hybridized carbons (Fsp3) is 0.333. The first-order valence-electron chi connectivity index (χ1n) is 5.58. The highest BCUT2D eigenvalue weighted by molar-refractivity contribution is 9.10. The number of rotatable bonds is 1. The van der Waals surface area contributed by atoms with Gasteiger partial charge < -0.3 is 5.11 Å². The minimum atomic E-state index is -5.10. The van der Waals surface area contributed by atoms with Crippen LogP contribution in [0.15, 0.2) is 33.8 Å². The van der Waals surface area contributed by atoms with Crippen LogP contribution in [0.4, 0.5) is 13.2 Å². The van der Waals surface area contributed by atoms with E-state index in [0.29, 0.717) is 4.47 Å². The highest BCUT2D eigenvalue weighted by Crippen LogP contribution is 2.38. The molecule has 0 saturated heterocycles. The van der Waals surface area contributed by atoms with Crippen LogP contribution in [0.1, 0.15) is 18.9 Å². The normalized spacial score (nSPS) is 22.9. The molecule has 8 heteroatoms. The van der Waals surface area contributed by atoms with Crippen LogP contribution < -0.4 is 0 Å². The van der Waals surface area contributed by atoms with Crippen molar-refractivity contribution in [3.05, 3.63) is 34.3 Å². The SMILES string of the molecule is CC1=NN(C(=O)C(F)(F)F)[C@@](O)(c2ccc(Br)cc2)C1. The quantitative estimate of drug-likeness (QED) is 0.846. The maximum Gasteiger partial charge on any atom is 0.473 e. The number of hydrogen-bond acceptors (Lipinski definition) is 3. The van der Waals surface area contributed by atoms with Gasteiger partial charge in [-0.1, -0.05) is 28.1 Å². The minimum Gasteiger partial charge on any atom is -0.365 e. The van der Waals surface area contributed by atoms with Crippen molar-refractivity contribution in [2.45, 2.75) is 25.2 Å². The van der Waals surface area contributed by atoms with Crippen molar-refractivity contribution in [2.24, 2.45) is 5.10 Å². The van der Waals surface area contributed by atoms with Gasteiger partial charge in [0.2, 0.25) is 0 Å². The predicted molar refractivity (Wildman–Crippen MR) is 68.7 cm³/mol. The van der Waals surface area contributed by atoms with E-state index in [1.165, 1.54) is 19.1 Å². The molecule has 0 unspecified atom stereocenters. The molecular formula is C12H10BrF3N2O2. The fourth-order valence-electron chi connectivity index (χ4n) is 2.00. The summed E-state index contributed by atoms with van der Waals surface area (Å²) in [6.07, 6.45) is -5.27. The van der Waals surface area contributed by atoms with E-state index in [9.17, 15) is 23.1 Å².